The molecule has 2 aliphatic rings. The zero-order chi connectivity index (χ0) is 63.7. The Morgan fingerprint density at radius 1 is 0.177 bits per heavy atom. The van der Waals surface area contributed by atoms with Crippen LogP contribution >= 0.6 is 0 Å². The first-order valence-corrected chi connectivity index (χ1v) is 31.6. The first-order valence-electron chi connectivity index (χ1n) is 31.6. The monoisotopic (exact) mass is 1230 g/mol. The Balaban J connectivity index is 0.870. The molecule has 4 aromatic carbocycles. The third-order valence-corrected chi connectivity index (χ3v) is 17.5. The van der Waals surface area contributed by atoms with Crippen LogP contribution in [0.15, 0.2) is 292 Å². The molecule has 96 heavy (non-hydrogen) atoms. The van der Waals surface area contributed by atoms with Crippen molar-refractivity contribution >= 4 is 46.4 Å². The Morgan fingerprint density at radius 3 is 0.615 bits per heavy atom. The molecule has 0 unspecified atom stereocenters. The lowest BCUT2D eigenvalue weighted by atomic mass is 9.99. The normalized spacial score (nSPS) is 11.7. The van der Waals surface area contributed by atoms with Crippen LogP contribution in [-0.2, 0) is 0 Å². The molecule has 12 nitrogen and oxygen atoms in total. The summed E-state index contributed by atoms with van der Waals surface area (Å²) in [6.07, 6.45) is 23.1. The maximum atomic E-state index is 5.68. The SMILES string of the molecule is C1=Cc2nc1c(-c1ccc(-c3ccnc(-c4ccccn4)c3)cc1)c1ccc([nH]1)c(-c1ccc(-c3ccnc(-c4ccccn4)c3)cc1)c1nc(c(-c3ccc(-c4ccnc(-c5ccccn5)c4)cc3)c3ccc([nH]3)c2-c2ccc(-c3ccnc(-c4ccccn4)c3)cc2)C=C1. The fraction of sp³-hybridized carbons (Fsp3) is 0. The Kier molecular flexibility index (Phi) is 14.6. The molecule has 11 aromatic heterocycles. The number of pyridine rings is 8. The number of nitrogens with one attached hydrogen (secondary N) is 2. The second kappa shape index (κ2) is 24.7. The van der Waals surface area contributed by atoms with Crippen LogP contribution in [0, 0.1) is 0 Å². The molecule has 0 atom stereocenters. The van der Waals surface area contributed by atoms with E-state index in [1.54, 1.807) is 24.8 Å². The van der Waals surface area contributed by atoms with Crippen LogP contribution in [0.3, 0.4) is 0 Å². The summed E-state index contributed by atoms with van der Waals surface area (Å²) in [6, 6.07) is 83.6. The van der Waals surface area contributed by atoms with Gasteiger partial charge in [-0.2, -0.15) is 0 Å². The zero-order valence-electron chi connectivity index (χ0n) is 51.5. The molecule has 0 saturated heterocycles. The fourth-order valence-corrected chi connectivity index (χ4v) is 12.8. The first kappa shape index (κ1) is 56.6. The Labute approximate surface area is 552 Å². The Bertz CT molecular complexity index is 4960. The van der Waals surface area contributed by atoms with E-state index in [1.165, 1.54) is 0 Å². The van der Waals surface area contributed by atoms with Gasteiger partial charge >= 0.3 is 0 Å². The summed E-state index contributed by atoms with van der Waals surface area (Å²) in [5.41, 5.74) is 29.2. The third-order valence-electron chi connectivity index (χ3n) is 17.5. The summed E-state index contributed by atoms with van der Waals surface area (Å²) in [5, 5.41) is 0. The number of H-pyrrole nitrogens is 2. The highest BCUT2D eigenvalue weighted by molar-refractivity contribution is 6.00. The van der Waals surface area contributed by atoms with E-state index < -0.39 is 0 Å². The van der Waals surface area contributed by atoms with Crippen molar-refractivity contribution in [3.63, 3.8) is 0 Å². The van der Waals surface area contributed by atoms with E-state index in [1.807, 2.05) is 122 Å². The topological polar surface area (TPSA) is 160 Å². The van der Waals surface area contributed by atoms with Crippen LogP contribution in [0.5, 0.6) is 0 Å². The number of fused-ring (bicyclic) bond motifs is 8. The van der Waals surface area contributed by atoms with Crippen LogP contribution in [0.1, 0.15) is 22.8 Å². The molecular formula is C84H54N12. The largest absolute Gasteiger partial charge is 0.354 e. The lowest BCUT2D eigenvalue weighted by molar-refractivity contribution is 1.25. The molecule has 2 N–H and O–H groups in total. The Hall–Kier alpha value is -13.3. The maximum absolute atomic E-state index is 5.68. The van der Waals surface area contributed by atoms with Crippen molar-refractivity contribution in [3.8, 4) is 135 Å². The zero-order valence-corrected chi connectivity index (χ0v) is 51.5. The molecule has 0 spiro atoms. The van der Waals surface area contributed by atoms with Gasteiger partial charge in [-0.05, 0) is 212 Å². The van der Waals surface area contributed by atoms with Crippen molar-refractivity contribution in [3.05, 3.63) is 315 Å². The molecule has 0 saturated carbocycles. The predicted molar refractivity (Wildman–Crippen MR) is 386 cm³/mol. The van der Waals surface area contributed by atoms with Crippen molar-refractivity contribution in [2.75, 3.05) is 0 Å². The number of hydrogen-bond acceptors (Lipinski definition) is 10. The van der Waals surface area contributed by atoms with E-state index in [9.17, 15) is 0 Å². The molecular weight excluding hydrogens is 1180 g/mol. The minimum Gasteiger partial charge on any atom is -0.354 e. The summed E-state index contributed by atoms with van der Waals surface area (Å²) in [5.74, 6) is 0. The van der Waals surface area contributed by atoms with Gasteiger partial charge in [0.2, 0.25) is 0 Å². The number of hydrogen-bond donors (Lipinski definition) is 2. The molecule has 15 aromatic rings. The molecule has 0 fully saturated rings. The van der Waals surface area contributed by atoms with Gasteiger partial charge in [0.25, 0.3) is 0 Å². The van der Waals surface area contributed by atoms with Crippen LogP contribution in [0.2, 0.25) is 0 Å². The minimum atomic E-state index is 0.801. The highest BCUT2D eigenvalue weighted by Gasteiger charge is 2.21. The summed E-state index contributed by atoms with van der Waals surface area (Å²) in [7, 11) is 0. The van der Waals surface area contributed by atoms with E-state index >= 15 is 0 Å². The van der Waals surface area contributed by atoms with Gasteiger partial charge in [-0.15, -0.1) is 0 Å². The summed E-state index contributed by atoms with van der Waals surface area (Å²) in [6.45, 7) is 0. The third kappa shape index (κ3) is 11.1. The summed E-state index contributed by atoms with van der Waals surface area (Å²) < 4.78 is 0. The van der Waals surface area contributed by atoms with Crippen LogP contribution < -0.4 is 0 Å². The second-order valence-electron chi connectivity index (χ2n) is 23.4. The fourth-order valence-electron chi connectivity index (χ4n) is 12.8. The minimum absolute atomic E-state index is 0.801. The van der Waals surface area contributed by atoms with Crippen molar-refractivity contribution < 1.29 is 0 Å². The lowest BCUT2D eigenvalue weighted by Gasteiger charge is -2.10. The van der Waals surface area contributed by atoms with Crippen LogP contribution in [-0.4, -0.2) is 59.8 Å². The van der Waals surface area contributed by atoms with Gasteiger partial charge < -0.3 is 9.97 Å². The molecule has 8 bridgehead atoms. The molecule has 2 aliphatic heterocycles. The molecule has 0 radical (unpaired) electrons. The van der Waals surface area contributed by atoms with Gasteiger partial charge in [-0.3, -0.25) is 39.9 Å². The van der Waals surface area contributed by atoms with E-state index in [4.69, 9.17) is 9.97 Å². The molecule has 13 heterocycles. The Morgan fingerprint density at radius 2 is 0.396 bits per heavy atom. The van der Waals surface area contributed by atoms with Crippen LogP contribution in [0.25, 0.3) is 181 Å². The van der Waals surface area contributed by atoms with Crippen LogP contribution in [0.4, 0.5) is 0 Å². The number of aromatic nitrogens is 12. The standard InChI is InChI=1S/C84H54N12/c1-5-41-85-65(9-1)77-49-61(37-45-89-77)53-13-21-57(22-14-53)81-69-29-31-71(93-69)82(58-23-15-54(16-24-58)62-38-46-90-78(50-62)66-10-2-6-42-86-66)73-33-35-75(95-73)84(60-27-19-56(20-28-60)64-40-48-92-80(52-64)68-12-4-8-44-88-68)76-36-34-74(96-76)83(72-32-30-70(81)94-72)59-25-17-55(18-26-59)63-39-47-91-79(51-63)67-11-3-7-43-87-67/h1-52,93,96H. The predicted octanol–water partition coefficient (Wildman–Crippen LogP) is 19.8. The van der Waals surface area contributed by atoms with Crippen molar-refractivity contribution in [2.24, 2.45) is 0 Å². The number of benzene rings is 4. The molecule has 0 amide bonds. The smallest absolute Gasteiger partial charge is 0.0892 e. The van der Waals surface area contributed by atoms with E-state index in [2.05, 4.69) is 220 Å². The molecule has 450 valence electrons. The average Bonchev–Trinajstić information content (AvgIpc) is 1.63. The van der Waals surface area contributed by atoms with E-state index in [-0.39, 0.29) is 0 Å². The lowest BCUT2D eigenvalue weighted by Crippen LogP contribution is -1.91. The number of aromatic amines is 2. The number of rotatable bonds is 12. The van der Waals surface area contributed by atoms with Gasteiger partial charge in [-0.1, -0.05) is 121 Å². The van der Waals surface area contributed by atoms with Gasteiger partial charge in [0.15, 0.2) is 0 Å². The van der Waals surface area contributed by atoms with Gasteiger partial charge in [0, 0.05) is 93.9 Å². The van der Waals surface area contributed by atoms with Crippen molar-refractivity contribution in [1.82, 2.24) is 59.8 Å². The van der Waals surface area contributed by atoms with Crippen molar-refractivity contribution in [1.29, 1.82) is 0 Å². The average molecular weight is 1230 g/mol. The van der Waals surface area contributed by atoms with Gasteiger partial charge in [0.1, 0.15) is 0 Å². The first-order chi connectivity index (χ1) is 47.5. The van der Waals surface area contributed by atoms with Crippen molar-refractivity contribution in [2.45, 2.75) is 0 Å². The van der Waals surface area contributed by atoms with E-state index in [0.29, 0.717) is 0 Å². The highest BCUT2D eigenvalue weighted by atomic mass is 14.8. The molecule has 17 rings (SSSR count). The summed E-state index contributed by atoms with van der Waals surface area (Å²) in [4.78, 5) is 56.4. The highest BCUT2D eigenvalue weighted by Crippen LogP contribution is 2.41. The van der Waals surface area contributed by atoms with Gasteiger partial charge in [0.05, 0.1) is 68.3 Å². The van der Waals surface area contributed by atoms with Gasteiger partial charge in [-0.25, -0.2) is 9.97 Å². The molecule has 12 heteroatoms. The van der Waals surface area contributed by atoms with E-state index in [0.717, 1.165) is 179 Å². The molecule has 0 aliphatic carbocycles. The maximum Gasteiger partial charge on any atom is 0.0892 e. The summed E-state index contributed by atoms with van der Waals surface area (Å²) >= 11 is 0. The number of nitrogens with zero attached hydrogens (tertiary/aromatic N) is 10. The quantitative estimate of drug-likeness (QED) is 0.120. The second-order valence-corrected chi connectivity index (χ2v) is 23.4.